The Bertz CT molecular complexity index is 1120. The topological polar surface area (TPSA) is 270 Å². The van der Waals surface area contributed by atoms with Gasteiger partial charge in [-0.15, -0.1) is 0 Å². The van der Waals surface area contributed by atoms with Crippen LogP contribution in [0.15, 0.2) is 36.7 Å². The largest absolute Gasteiger partial charge is 0.414 e. The number of carbonyl (C=O) groups excluding carboxylic acids is 2. The molecule has 0 bridgehead atoms. The van der Waals surface area contributed by atoms with E-state index in [0.717, 1.165) is 37.3 Å². The van der Waals surface area contributed by atoms with Crippen molar-refractivity contribution in [2.45, 2.75) is 58.0 Å². The van der Waals surface area contributed by atoms with Crippen LogP contribution in [0.5, 0.6) is 11.5 Å². The predicted octanol–water partition coefficient (Wildman–Crippen LogP) is -3.36. The summed E-state index contributed by atoms with van der Waals surface area (Å²) in [6.07, 6.45) is 11.0. The molecule has 2 amide bonds. The fourth-order valence-corrected chi connectivity index (χ4v) is 3.96. The molecule has 20 heteroatoms. The lowest BCUT2D eigenvalue weighted by atomic mass is 10.1. The van der Waals surface area contributed by atoms with Crippen molar-refractivity contribution in [1.82, 2.24) is 29.6 Å². The Morgan fingerprint density at radius 1 is 0.612 bits per heavy atom. The van der Waals surface area contributed by atoms with E-state index in [2.05, 4.69) is 33.9 Å². The second-order valence-corrected chi connectivity index (χ2v) is 12.7. The minimum Gasteiger partial charge on any atom is -0.408 e. The van der Waals surface area contributed by atoms with Gasteiger partial charge in [0, 0.05) is 53.7 Å². The SMILES string of the molecule is CN(CCCCCCCCCN(C)Cc1ncccc1OC(=O)N(C)C)Cc1ncccc1OC(=O)N(C)C.[O-][Cl+3]([O-])([O-])O.[O-][Cl+3]([O-])([O-])O. The first-order valence-electron chi connectivity index (χ1n) is 15.0. The number of carbonyl (C=O) groups is 2. The number of unbranched alkanes of at least 4 members (excludes halogenated alkanes) is 6. The van der Waals surface area contributed by atoms with Gasteiger partial charge in [0.25, 0.3) is 0 Å². The van der Waals surface area contributed by atoms with Crippen LogP contribution in [0.1, 0.15) is 56.3 Å². The summed E-state index contributed by atoms with van der Waals surface area (Å²) in [4.78, 5) is 39.9. The lowest BCUT2D eigenvalue weighted by molar-refractivity contribution is -1.92. The van der Waals surface area contributed by atoms with Gasteiger partial charge >= 0.3 is 12.2 Å². The maximum Gasteiger partial charge on any atom is 0.414 e. The molecule has 2 N–H and O–H groups in total. The van der Waals surface area contributed by atoms with Crippen LogP contribution < -0.4 is 37.4 Å². The van der Waals surface area contributed by atoms with Crippen molar-refractivity contribution in [3.05, 3.63) is 48.0 Å². The molecule has 0 saturated heterocycles. The van der Waals surface area contributed by atoms with Crippen molar-refractivity contribution in [1.29, 1.82) is 0 Å². The summed E-state index contributed by atoms with van der Waals surface area (Å²) >= 11 is 0. The molecule has 49 heavy (non-hydrogen) atoms. The van der Waals surface area contributed by atoms with Gasteiger partial charge in [-0.05, 0) is 64.3 Å². The fraction of sp³-hybridized carbons (Fsp3) is 0.586. The average molecular weight is 744 g/mol. The molecule has 0 aromatic carbocycles. The third-order valence-corrected chi connectivity index (χ3v) is 6.24. The Balaban J connectivity index is 0.00000201. The van der Waals surface area contributed by atoms with Crippen LogP contribution in [0.4, 0.5) is 9.59 Å². The van der Waals surface area contributed by atoms with Crippen LogP contribution >= 0.6 is 0 Å². The Kier molecular flexibility index (Phi) is 22.7. The molecular formula is C29H48Cl2N6O12. The Hall–Kier alpha value is -2.98. The first-order valence-corrected chi connectivity index (χ1v) is 17.5. The van der Waals surface area contributed by atoms with E-state index in [1.165, 1.54) is 41.9 Å². The number of hydrogen-bond acceptors (Lipinski definition) is 16. The van der Waals surface area contributed by atoms with Crippen LogP contribution in [0.25, 0.3) is 0 Å². The molecule has 0 unspecified atom stereocenters. The second kappa shape index (κ2) is 24.2. The fourth-order valence-electron chi connectivity index (χ4n) is 3.96. The number of hydrogen-bond donors (Lipinski definition) is 2. The molecule has 0 fully saturated rings. The quantitative estimate of drug-likeness (QED) is 0.159. The number of nitrogens with zero attached hydrogens (tertiary/aromatic N) is 6. The van der Waals surface area contributed by atoms with E-state index >= 15 is 0 Å². The van der Waals surface area contributed by atoms with Crippen molar-refractivity contribution < 1.29 is 76.8 Å². The van der Waals surface area contributed by atoms with Gasteiger partial charge < -0.3 is 29.1 Å². The highest BCUT2D eigenvalue weighted by atomic mass is 35.7. The van der Waals surface area contributed by atoms with Gasteiger partial charge in [0.1, 0.15) is 0 Å². The summed E-state index contributed by atoms with van der Waals surface area (Å²) in [6, 6.07) is 7.13. The molecule has 18 nitrogen and oxygen atoms in total. The number of halogens is 2. The lowest BCUT2D eigenvalue weighted by Crippen LogP contribution is -2.58. The minimum atomic E-state index is -4.69. The van der Waals surface area contributed by atoms with Gasteiger partial charge in [0.05, 0.1) is 41.2 Å². The molecule has 2 heterocycles. The number of aromatic nitrogens is 2. The molecule has 280 valence electrons. The highest BCUT2D eigenvalue weighted by Crippen LogP contribution is 2.19. The van der Waals surface area contributed by atoms with Crippen molar-refractivity contribution in [2.24, 2.45) is 0 Å². The highest BCUT2D eigenvalue weighted by Gasteiger charge is 2.14. The Morgan fingerprint density at radius 2 is 0.898 bits per heavy atom. The molecular weight excluding hydrogens is 695 g/mol. The maximum absolute atomic E-state index is 11.9. The molecule has 0 aliphatic heterocycles. The molecule has 0 aliphatic rings. The van der Waals surface area contributed by atoms with Gasteiger partial charge in [0.15, 0.2) is 11.5 Å². The summed E-state index contributed by atoms with van der Waals surface area (Å²) in [5.74, 6) is 1.03. The van der Waals surface area contributed by atoms with E-state index in [1.54, 1.807) is 64.8 Å². The second-order valence-electron chi connectivity index (χ2n) is 11.2. The normalized spacial score (nSPS) is 11.3. The van der Waals surface area contributed by atoms with Crippen LogP contribution in [0.3, 0.4) is 0 Å². The lowest BCUT2D eigenvalue weighted by Gasteiger charge is -2.19. The molecule has 2 aromatic rings. The van der Waals surface area contributed by atoms with Crippen LogP contribution in [0.2, 0.25) is 0 Å². The molecule has 0 saturated carbocycles. The summed E-state index contributed by atoms with van der Waals surface area (Å²) in [7, 11) is 1.41. The zero-order valence-corrected chi connectivity index (χ0v) is 30.2. The van der Waals surface area contributed by atoms with Gasteiger partial charge in [0.2, 0.25) is 0 Å². The van der Waals surface area contributed by atoms with Crippen molar-refractivity contribution >= 4 is 12.2 Å². The summed E-state index contributed by atoms with van der Waals surface area (Å²) in [6.45, 7) is 3.23. The predicted molar refractivity (Wildman–Crippen MR) is 157 cm³/mol. The van der Waals surface area contributed by atoms with Crippen molar-refractivity contribution in [3.63, 3.8) is 0 Å². The highest BCUT2D eigenvalue weighted by molar-refractivity contribution is 5.70. The minimum absolute atomic E-state index is 0.399. The molecule has 0 atom stereocenters. The standard InChI is InChI=1S/C29H46N6O4.2ClHO4/c1-32(2)28(36)38-26-16-14-18-30-24(26)22-34(5)20-12-10-8-7-9-11-13-21-35(6)23-25-27(17-15-19-31-25)39-29(37)33(3)4;2*2-1(3,4)5/h14-19H,7-13,20-23H2,1-6H3;2*(H,2,3,4,5). The van der Waals surface area contributed by atoms with Crippen molar-refractivity contribution in [2.75, 3.05) is 55.4 Å². The van der Waals surface area contributed by atoms with E-state index in [9.17, 15) is 9.59 Å². The van der Waals surface area contributed by atoms with Crippen LogP contribution in [-0.2, 0) is 13.1 Å². The van der Waals surface area contributed by atoms with Gasteiger partial charge in [-0.3, -0.25) is 9.97 Å². The summed E-state index contributed by atoms with van der Waals surface area (Å²) in [5, 5.41) is 0. The third kappa shape index (κ3) is 27.5. The van der Waals surface area contributed by atoms with Gasteiger partial charge in [-0.2, -0.15) is 28.0 Å². The van der Waals surface area contributed by atoms with Crippen LogP contribution in [-0.4, -0.2) is 106 Å². The Morgan fingerprint density at radius 3 is 1.18 bits per heavy atom. The molecule has 0 spiro atoms. The number of pyridine rings is 2. The van der Waals surface area contributed by atoms with E-state index in [4.69, 9.17) is 46.7 Å². The zero-order valence-electron chi connectivity index (χ0n) is 28.7. The zero-order chi connectivity index (χ0) is 37.6. The number of amides is 2. The monoisotopic (exact) mass is 742 g/mol. The Labute approximate surface area is 291 Å². The number of ether oxygens (including phenoxy) is 2. The van der Waals surface area contributed by atoms with E-state index in [0.29, 0.717) is 24.6 Å². The average Bonchev–Trinajstić information content (AvgIpc) is 2.96. The molecule has 2 aromatic heterocycles. The molecule has 0 radical (unpaired) electrons. The summed E-state index contributed by atoms with van der Waals surface area (Å²) in [5.41, 5.74) is 1.54. The van der Waals surface area contributed by atoms with Crippen molar-refractivity contribution in [3.8, 4) is 11.5 Å². The van der Waals surface area contributed by atoms with E-state index in [-0.39, 0.29) is 0 Å². The van der Waals surface area contributed by atoms with Crippen LogP contribution in [0, 0.1) is 20.5 Å². The molecule has 0 aliphatic carbocycles. The first kappa shape index (κ1) is 46.0. The molecule has 2 rings (SSSR count). The van der Waals surface area contributed by atoms with Gasteiger partial charge in [-0.25, -0.2) is 9.59 Å². The van der Waals surface area contributed by atoms with E-state index < -0.39 is 32.7 Å². The number of rotatable bonds is 16. The summed E-state index contributed by atoms with van der Waals surface area (Å²) < 4.78 is 76.3. The van der Waals surface area contributed by atoms with E-state index in [1.807, 2.05) is 0 Å². The third-order valence-electron chi connectivity index (χ3n) is 6.24. The smallest absolute Gasteiger partial charge is 0.408 e. The van der Waals surface area contributed by atoms with Gasteiger partial charge in [-0.1, -0.05) is 32.1 Å². The first-order chi connectivity index (χ1) is 22.7. The maximum atomic E-state index is 11.9.